The van der Waals surface area contributed by atoms with Gasteiger partial charge in [-0.1, -0.05) is 18.2 Å². The fourth-order valence-electron chi connectivity index (χ4n) is 6.38. The number of benzene rings is 3. The Morgan fingerprint density at radius 3 is 2.44 bits per heavy atom. The minimum atomic E-state index is 0.243. The lowest BCUT2D eigenvalue weighted by atomic mass is 9.96. The van der Waals surface area contributed by atoms with Crippen molar-refractivity contribution in [2.24, 2.45) is 0 Å². The van der Waals surface area contributed by atoms with Crippen LogP contribution in [0.5, 0.6) is 11.5 Å². The summed E-state index contributed by atoms with van der Waals surface area (Å²) in [6.45, 7) is 8.46. The number of hydrogen-bond donors (Lipinski definition) is 0. The van der Waals surface area contributed by atoms with Crippen LogP contribution >= 0.6 is 11.3 Å². The highest BCUT2D eigenvalue weighted by Gasteiger charge is 2.24. The molecule has 6 rings (SSSR count). The maximum atomic E-state index is 6.09. The van der Waals surface area contributed by atoms with Gasteiger partial charge in [-0.3, -0.25) is 9.80 Å². The molecule has 6 heteroatoms. The molecule has 216 valence electrons. The third-order valence-corrected chi connectivity index (χ3v) is 9.97. The first-order valence-electron chi connectivity index (χ1n) is 15.0. The smallest absolute Gasteiger partial charge is 0.120 e. The van der Waals surface area contributed by atoms with E-state index >= 15 is 0 Å². The van der Waals surface area contributed by atoms with Gasteiger partial charge in [0.1, 0.15) is 24.3 Å². The Morgan fingerprint density at radius 1 is 0.878 bits per heavy atom. The molecule has 1 aromatic heterocycles. The number of thiophene rings is 1. The summed E-state index contributed by atoms with van der Waals surface area (Å²) >= 11 is 1.85. The van der Waals surface area contributed by atoms with E-state index in [0.29, 0.717) is 0 Å². The average molecular weight is 571 g/mol. The van der Waals surface area contributed by atoms with Crippen LogP contribution in [0, 0.1) is 6.92 Å². The molecule has 41 heavy (non-hydrogen) atoms. The van der Waals surface area contributed by atoms with Crippen molar-refractivity contribution in [3.8, 4) is 21.9 Å². The fraction of sp³-hybridized carbons (Fsp3) is 0.429. The molecule has 0 amide bonds. The molecule has 2 aliphatic rings. The van der Waals surface area contributed by atoms with E-state index in [2.05, 4.69) is 77.4 Å². The molecule has 2 aliphatic heterocycles. The van der Waals surface area contributed by atoms with E-state index in [0.717, 1.165) is 50.6 Å². The van der Waals surface area contributed by atoms with Gasteiger partial charge >= 0.3 is 0 Å². The summed E-state index contributed by atoms with van der Waals surface area (Å²) in [6.07, 6.45) is 6.09. The first-order valence-corrected chi connectivity index (χ1v) is 15.8. The summed E-state index contributed by atoms with van der Waals surface area (Å²) in [5.74, 6) is 1.84. The first-order chi connectivity index (χ1) is 20.1. The van der Waals surface area contributed by atoms with E-state index in [4.69, 9.17) is 14.2 Å². The van der Waals surface area contributed by atoms with E-state index in [1.54, 1.807) is 7.11 Å². The Bertz CT molecular complexity index is 1460. The molecular formula is C35H42N2O3S. The maximum Gasteiger partial charge on any atom is 0.120 e. The number of aryl methyl sites for hydroxylation is 1. The van der Waals surface area contributed by atoms with Crippen molar-refractivity contribution in [2.75, 3.05) is 47.0 Å². The largest absolute Gasteiger partial charge is 0.497 e. The topological polar surface area (TPSA) is 34.2 Å². The van der Waals surface area contributed by atoms with Crippen LogP contribution in [0.25, 0.3) is 20.5 Å². The minimum Gasteiger partial charge on any atom is -0.497 e. The Morgan fingerprint density at radius 2 is 1.68 bits per heavy atom. The van der Waals surface area contributed by atoms with Gasteiger partial charge in [0.2, 0.25) is 0 Å². The van der Waals surface area contributed by atoms with Gasteiger partial charge in [0.25, 0.3) is 0 Å². The summed E-state index contributed by atoms with van der Waals surface area (Å²) in [5.41, 5.74) is 6.69. The highest BCUT2D eigenvalue weighted by Crippen LogP contribution is 2.42. The van der Waals surface area contributed by atoms with Crippen LogP contribution in [0.15, 0.2) is 60.7 Å². The molecule has 0 bridgehead atoms. The second kappa shape index (κ2) is 13.0. The Balaban J connectivity index is 1.23. The molecule has 1 unspecified atom stereocenters. The zero-order valence-electron chi connectivity index (χ0n) is 24.7. The van der Waals surface area contributed by atoms with Crippen LogP contribution < -0.4 is 9.47 Å². The zero-order chi connectivity index (χ0) is 28.2. The molecule has 5 nitrogen and oxygen atoms in total. The van der Waals surface area contributed by atoms with Crippen LogP contribution in [0.4, 0.5) is 0 Å². The number of rotatable bonds is 11. The average Bonchev–Trinajstić information content (AvgIpc) is 3.75. The lowest BCUT2D eigenvalue weighted by Crippen LogP contribution is -2.30. The van der Waals surface area contributed by atoms with Crippen molar-refractivity contribution >= 4 is 21.4 Å². The maximum absolute atomic E-state index is 6.09. The standard InChI is InChI=1S/C35H42N2O3S/c1-25-21-26(8-9-28(25)24-37-18-6-7-34(37)39-3)22-32-31-15-14-30(38-2)23-33(31)41-35(32)27-10-12-29(13-11-27)40-20-19-36-16-4-5-17-36/h8-15,21,23,34H,4-7,16-20,22,24H2,1-3H3. The van der Waals surface area contributed by atoms with Crippen molar-refractivity contribution in [3.05, 3.63) is 82.9 Å². The quantitative estimate of drug-likeness (QED) is 0.186. The molecule has 0 aliphatic carbocycles. The lowest BCUT2D eigenvalue weighted by molar-refractivity contribution is -0.00823. The lowest BCUT2D eigenvalue weighted by Gasteiger charge is -2.24. The van der Waals surface area contributed by atoms with Crippen molar-refractivity contribution < 1.29 is 14.2 Å². The Hall–Kier alpha value is -2.90. The van der Waals surface area contributed by atoms with E-state index in [1.165, 1.54) is 75.1 Å². The molecule has 4 aromatic rings. The van der Waals surface area contributed by atoms with Gasteiger partial charge in [0, 0.05) is 36.3 Å². The zero-order valence-corrected chi connectivity index (χ0v) is 25.5. The monoisotopic (exact) mass is 570 g/mol. The van der Waals surface area contributed by atoms with Gasteiger partial charge < -0.3 is 14.2 Å². The van der Waals surface area contributed by atoms with Gasteiger partial charge in [-0.05, 0) is 128 Å². The van der Waals surface area contributed by atoms with E-state index in [-0.39, 0.29) is 6.23 Å². The molecular weight excluding hydrogens is 528 g/mol. The molecule has 1 atom stereocenters. The molecule has 3 heterocycles. The van der Waals surface area contributed by atoms with E-state index in [1.807, 2.05) is 18.4 Å². The summed E-state index contributed by atoms with van der Waals surface area (Å²) in [6, 6.07) is 22.2. The molecule has 0 radical (unpaired) electrons. The first kappa shape index (κ1) is 28.2. The van der Waals surface area contributed by atoms with Crippen molar-refractivity contribution in [1.82, 2.24) is 9.80 Å². The van der Waals surface area contributed by atoms with Gasteiger partial charge in [-0.2, -0.15) is 0 Å². The molecule has 2 saturated heterocycles. The summed E-state index contributed by atoms with van der Waals surface area (Å²) < 4.78 is 18.6. The highest BCUT2D eigenvalue weighted by molar-refractivity contribution is 7.22. The van der Waals surface area contributed by atoms with E-state index in [9.17, 15) is 0 Å². The third-order valence-electron chi connectivity index (χ3n) is 8.73. The normalized spacial score (nSPS) is 18.0. The number of likely N-dealkylation sites (tertiary alicyclic amines) is 2. The number of fused-ring (bicyclic) bond motifs is 1. The van der Waals surface area contributed by atoms with Crippen LogP contribution in [0.1, 0.15) is 47.9 Å². The molecule has 2 fully saturated rings. The number of ether oxygens (including phenoxy) is 3. The molecule has 0 spiro atoms. The highest BCUT2D eigenvalue weighted by atomic mass is 32.1. The number of methoxy groups -OCH3 is 2. The number of nitrogens with zero attached hydrogens (tertiary/aromatic N) is 2. The summed E-state index contributed by atoms with van der Waals surface area (Å²) in [4.78, 5) is 6.27. The predicted molar refractivity (Wildman–Crippen MR) is 169 cm³/mol. The van der Waals surface area contributed by atoms with Gasteiger partial charge in [0.05, 0.1) is 7.11 Å². The molecule has 0 saturated carbocycles. The van der Waals surface area contributed by atoms with Crippen LogP contribution in [-0.2, 0) is 17.7 Å². The Labute approximate surface area is 248 Å². The van der Waals surface area contributed by atoms with E-state index < -0.39 is 0 Å². The number of hydrogen-bond acceptors (Lipinski definition) is 6. The van der Waals surface area contributed by atoms with Gasteiger partial charge in [0.15, 0.2) is 0 Å². The second-order valence-corrected chi connectivity index (χ2v) is 12.5. The third kappa shape index (κ3) is 6.46. The Kier molecular flexibility index (Phi) is 8.92. The molecule has 3 aromatic carbocycles. The summed E-state index contributed by atoms with van der Waals surface area (Å²) in [5, 5.41) is 1.30. The fourth-order valence-corrected chi connectivity index (χ4v) is 7.63. The van der Waals surface area contributed by atoms with Crippen LogP contribution in [-0.4, -0.2) is 63.0 Å². The van der Waals surface area contributed by atoms with Crippen molar-refractivity contribution in [1.29, 1.82) is 0 Å². The summed E-state index contributed by atoms with van der Waals surface area (Å²) in [7, 11) is 3.56. The van der Waals surface area contributed by atoms with Crippen molar-refractivity contribution in [2.45, 2.75) is 51.8 Å². The van der Waals surface area contributed by atoms with Gasteiger partial charge in [-0.25, -0.2) is 0 Å². The predicted octanol–water partition coefficient (Wildman–Crippen LogP) is 7.52. The van der Waals surface area contributed by atoms with Crippen molar-refractivity contribution in [3.63, 3.8) is 0 Å². The van der Waals surface area contributed by atoms with Crippen LogP contribution in [0.3, 0.4) is 0 Å². The van der Waals surface area contributed by atoms with Crippen LogP contribution in [0.2, 0.25) is 0 Å². The second-order valence-electron chi connectivity index (χ2n) is 11.4. The van der Waals surface area contributed by atoms with Gasteiger partial charge in [-0.15, -0.1) is 11.3 Å². The molecule has 0 N–H and O–H groups in total. The minimum absolute atomic E-state index is 0.243. The SMILES string of the molecule is COc1ccc2c(Cc3ccc(CN4CCCC4OC)c(C)c3)c(-c3ccc(OCCN4CCCC4)cc3)sc2c1.